The molecule has 2 heterocycles. The summed E-state index contributed by atoms with van der Waals surface area (Å²) >= 11 is 1.70. The van der Waals surface area contributed by atoms with Gasteiger partial charge in [-0.1, -0.05) is 6.07 Å². The minimum Gasteiger partial charge on any atom is -0.486 e. The second-order valence-electron chi connectivity index (χ2n) is 4.46. The number of hydrazine groups is 1. The van der Waals surface area contributed by atoms with E-state index in [1.54, 1.807) is 11.3 Å². The van der Waals surface area contributed by atoms with Crippen LogP contribution in [0.25, 0.3) is 0 Å². The van der Waals surface area contributed by atoms with Crippen molar-refractivity contribution in [3.05, 3.63) is 46.2 Å². The van der Waals surface area contributed by atoms with E-state index < -0.39 is 0 Å². The smallest absolute Gasteiger partial charge is 0.161 e. The summed E-state index contributed by atoms with van der Waals surface area (Å²) in [6.45, 7) is 1.21. The predicted octanol–water partition coefficient (Wildman–Crippen LogP) is 2.27. The van der Waals surface area contributed by atoms with Crippen LogP contribution in [-0.2, 0) is 6.42 Å². The minimum absolute atomic E-state index is 0.0745. The average Bonchev–Trinajstić information content (AvgIpc) is 2.97. The van der Waals surface area contributed by atoms with Gasteiger partial charge in [0.25, 0.3) is 0 Å². The van der Waals surface area contributed by atoms with Gasteiger partial charge in [0, 0.05) is 0 Å². The molecule has 2 aromatic rings. The van der Waals surface area contributed by atoms with Gasteiger partial charge in [-0.25, -0.2) is 0 Å². The molecule has 0 saturated carbocycles. The van der Waals surface area contributed by atoms with E-state index in [9.17, 15) is 0 Å². The Labute approximate surface area is 116 Å². The van der Waals surface area contributed by atoms with E-state index in [1.807, 2.05) is 18.2 Å². The third-order valence-corrected chi connectivity index (χ3v) is 3.92. The lowest BCUT2D eigenvalue weighted by atomic mass is 10.0. The SMILES string of the molecule is NNC(Cc1ccsc1)c1ccc2c(c1)OCCO2. The first kappa shape index (κ1) is 12.5. The van der Waals surface area contributed by atoms with E-state index in [0.29, 0.717) is 13.2 Å². The van der Waals surface area contributed by atoms with Gasteiger partial charge in [-0.15, -0.1) is 0 Å². The molecule has 0 amide bonds. The Hall–Kier alpha value is -1.56. The first-order valence-electron chi connectivity index (χ1n) is 6.23. The van der Waals surface area contributed by atoms with E-state index in [4.69, 9.17) is 15.3 Å². The summed E-state index contributed by atoms with van der Waals surface area (Å²) in [5.41, 5.74) is 5.26. The van der Waals surface area contributed by atoms with E-state index in [0.717, 1.165) is 23.5 Å². The van der Waals surface area contributed by atoms with E-state index in [-0.39, 0.29) is 6.04 Å². The molecule has 4 nitrogen and oxygen atoms in total. The summed E-state index contributed by atoms with van der Waals surface area (Å²) in [5.74, 6) is 7.29. The largest absolute Gasteiger partial charge is 0.486 e. The number of thiophene rings is 1. The Morgan fingerprint density at radius 1 is 1.21 bits per heavy atom. The zero-order valence-electron chi connectivity index (χ0n) is 10.5. The standard InChI is InChI=1S/C14H16N2O2S/c15-16-12(7-10-3-6-19-9-10)11-1-2-13-14(8-11)18-5-4-17-13/h1-3,6,8-9,12,16H,4-5,7,15H2. The normalized spacial score (nSPS) is 15.2. The number of hydrogen-bond donors (Lipinski definition) is 2. The van der Waals surface area contributed by atoms with Crippen molar-refractivity contribution in [1.29, 1.82) is 0 Å². The number of nitrogens with two attached hydrogens (primary N) is 1. The summed E-state index contributed by atoms with van der Waals surface area (Å²) in [7, 11) is 0. The number of benzene rings is 1. The number of ether oxygens (including phenoxy) is 2. The first-order chi connectivity index (χ1) is 9.36. The monoisotopic (exact) mass is 276 g/mol. The van der Waals surface area contributed by atoms with Crippen molar-refractivity contribution < 1.29 is 9.47 Å². The Balaban J connectivity index is 1.82. The highest BCUT2D eigenvalue weighted by atomic mass is 32.1. The zero-order chi connectivity index (χ0) is 13.1. The van der Waals surface area contributed by atoms with Crippen LogP contribution in [0.15, 0.2) is 35.0 Å². The summed E-state index contributed by atoms with van der Waals surface area (Å²) in [5, 5.41) is 4.22. The van der Waals surface area contributed by atoms with Crippen molar-refractivity contribution in [3.63, 3.8) is 0 Å². The third-order valence-electron chi connectivity index (χ3n) is 3.19. The van der Waals surface area contributed by atoms with E-state index in [1.165, 1.54) is 5.56 Å². The molecule has 5 heteroatoms. The number of fused-ring (bicyclic) bond motifs is 1. The quantitative estimate of drug-likeness (QED) is 0.664. The van der Waals surface area contributed by atoms with Crippen molar-refractivity contribution in [2.75, 3.05) is 13.2 Å². The molecule has 1 atom stereocenters. The zero-order valence-corrected chi connectivity index (χ0v) is 11.3. The molecule has 0 bridgehead atoms. The molecule has 1 aliphatic heterocycles. The van der Waals surface area contributed by atoms with Gasteiger partial charge < -0.3 is 9.47 Å². The van der Waals surface area contributed by atoms with Gasteiger partial charge in [0.15, 0.2) is 11.5 Å². The molecule has 1 unspecified atom stereocenters. The molecule has 1 aromatic carbocycles. The van der Waals surface area contributed by atoms with Crippen molar-refractivity contribution in [2.24, 2.45) is 5.84 Å². The fourth-order valence-corrected chi connectivity index (χ4v) is 2.88. The Bertz CT molecular complexity index is 542. The Morgan fingerprint density at radius 3 is 2.79 bits per heavy atom. The molecule has 100 valence electrons. The molecule has 0 radical (unpaired) electrons. The molecular formula is C14H16N2O2S. The van der Waals surface area contributed by atoms with Gasteiger partial charge in [0.05, 0.1) is 6.04 Å². The van der Waals surface area contributed by atoms with Crippen LogP contribution in [-0.4, -0.2) is 13.2 Å². The third kappa shape index (κ3) is 2.73. The summed E-state index contributed by atoms with van der Waals surface area (Å²) in [6, 6.07) is 8.18. The fourth-order valence-electron chi connectivity index (χ4n) is 2.19. The highest BCUT2D eigenvalue weighted by Gasteiger charge is 2.16. The lowest BCUT2D eigenvalue weighted by Crippen LogP contribution is -2.29. The second-order valence-corrected chi connectivity index (χ2v) is 5.24. The van der Waals surface area contributed by atoms with Gasteiger partial charge in [-0.05, 0) is 46.5 Å². The molecule has 0 saturated heterocycles. The number of rotatable bonds is 4. The summed E-state index contributed by atoms with van der Waals surface area (Å²) in [4.78, 5) is 0. The Morgan fingerprint density at radius 2 is 2.05 bits per heavy atom. The number of hydrogen-bond acceptors (Lipinski definition) is 5. The maximum Gasteiger partial charge on any atom is 0.161 e. The van der Waals surface area contributed by atoms with Gasteiger partial charge in [-0.2, -0.15) is 11.3 Å². The predicted molar refractivity (Wildman–Crippen MR) is 75.5 cm³/mol. The second kappa shape index (κ2) is 5.61. The van der Waals surface area contributed by atoms with Crippen LogP contribution in [0.2, 0.25) is 0 Å². The minimum atomic E-state index is 0.0745. The molecule has 19 heavy (non-hydrogen) atoms. The molecule has 1 aliphatic rings. The molecule has 3 N–H and O–H groups in total. The highest BCUT2D eigenvalue weighted by Crippen LogP contribution is 2.33. The Kier molecular flexibility index (Phi) is 3.68. The van der Waals surface area contributed by atoms with Crippen LogP contribution in [0.3, 0.4) is 0 Å². The van der Waals surface area contributed by atoms with Crippen LogP contribution in [0, 0.1) is 0 Å². The summed E-state index contributed by atoms with van der Waals surface area (Å²) in [6.07, 6.45) is 0.861. The molecule has 3 rings (SSSR count). The van der Waals surface area contributed by atoms with Crippen molar-refractivity contribution >= 4 is 11.3 Å². The topological polar surface area (TPSA) is 56.5 Å². The van der Waals surface area contributed by atoms with Gasteiger partial charge in [0.1, 0.15) is 13.2 Å². The summed E-state index contributed by atoms with van der Waals surface area (Å²) < 4.78 is 11.1. The van der Waals surface area contributed by atoms with Crippen LogP contribution in [0.1, 0.15) is 17.2 Å². The van der Waals surface area contributed by atoms with Gasteiger partial charge in [0.2, 0.25) is 0 Å². The van der Waals surface area contributed by atoms with Crippen molar-refractivity contribution in [2.45, 2.75) is 12.5 Å². The van der Waals surface area contributed by atoms with Crippen molar-refractivity contribution in [3.8, 4) is 11.5 Å². The van der Waals surface area contributed by atoms with Crippen LogP contribution in [0.4, 0.5) is 0 Å². The molecular weight excluding hydrogens is 260 g/mol. The van der Waals surface area contributed by atoms with Crippen LogP contribution in [0.5, 0.6) is 11.5 Å². The maximum absolute atomic E-state index is 5.68. The lowest BCUT2D eigenvalue weighted by Gasteiger charge is -2.21. The first-order valence-corrected chi connectivity index (χ1v) is 7.18. The highest BCUT2D eigenvalue weighted by molar-refractivity contribution is 7.07. The molecule has 1 aromatic heterocycles. The van der Waals surface area contributed by atoms with E-state index >= 15 is 0 Å². The molecule has 0 aliphatic carbocycles. The van der Waals surface area contributed by atoms with Gasteiger partial charge in [-0.3, -0.25) is 11.3 Å². The molecule has 0 spiro atoms. The fraction of sp³-hybridized carbons (Fsp3) is 0.286. The number of nitrogens with one attached hydrogen (secondary N) is 1. The lowest BCUT2D eigenvalue weighted by molar-refractivity contribution is 0.171. The van der Waals surface area contributed by atoms with Crippen LogP contribution < -0.4 is 20.7 Å². The van der Waals surface area contributed by atoms with Crippen molar-refractivity contribution in [1.82, 2.24) is 5.43 Å². The van der Waals surface area contributed by atoms with Gasteiger partial charge >= 0.3 is 0 Å². The maximum atomic E-state index is 5.68. The van der Waals surface area contributed by atoms with Crippen LogP contribution >= 0.6 is 11.3 Å². The average molecular weight is 276 g/mol. The molecule has 0 fully saturated rings. The van der Waals surface area contributed by atoms with E-state index in [2.05, 4.69) is 22.3 Å².